The number of hydrogen-bond acceptors (Lipinski definition) is 9. The van der Waals surface area contributed by atoms with Crippen LogP contribution in [0, 0.1) is 6.92 Å². The Morgan fingerprint density at radius 2 is 1.78 bits per heavy atom. The van der Waals surface area contributed by atoms with Crippen LogP contribution in [0.2, 0.25) is 0 Å². The second kappa shape index (κ2) is 14.7. The molecule has 3 aromatic carbocycles. The summed E-state index contributed by atoms with van der Waals surface area (Å²) in [6.45, 7) is 1.94. The molecule has 0 radical (unpaired) electrons. The molecular weight excluding hydrogens is 661 g/mol. The Morgan fingerprint density at radius 1 is 0.922 bits per heavy atom. The Hall–Kier alpha value is -6.24. The molecule has 4 heterocycles. The third-order valence-electron chi connectivity index (χ3n) is 8.54. The van der Waals surface area contributed by atoms with Crippen molar-refractivity contribution in [2.24, 2.45) is 0 Å². The van der Waals surface area contributed by atoms with Crippen LogP contribution in [0.25, 0.3) is 33.0 Å². The lowest BCUT2D eigenvalue weighted by Gasteiger charge is -2.26. The lowest BCUT2D eigenvalue weighted by Crippen LogP contribution is -2.37. The molecule has 0 unspecified atom stereocenters. The average molecular weight is 695 g/mol. The highest BCUT2D eigenvalue weighted by atomic mass is 32.1. The molecule has 4 aromatic heterocycles. The van der Waals surface area contributed by atoms with Crippen LogP contribution in [0.3, 0.4) is 0 Å². The smallest absolute Gasteiger partial charge is 0.255 e. The number of pyridine rings is 1. The van der Waals surface area contributed by atoms with E-state index < -0.39 is 18.1 Å². The number of aromatic nitrogens is 5. The molecule has 0 saturated carbocycles. The molecule has 4 N–H and O–H groups in total. The molecule has 7 rings (SSSR count). The van der Waals surface area contributed by atoms with Crippen LogP contribution in [0.15, 0.2) is 121 Å². The molecule has 254 valence electrons. The van der Waals surface area contributed by atoms with E-state index in [2.05, 4.69) is 30.9 Å². The molecule has 0 aliphatic carbocycles. The lowest BCUT2D eigenvalue weighted by molar-refractivity contribution is -0.126. The van der Waals surface area contributed by atoms with Gasteiger partial charge < -0.3 is 25.6 Å². The summed E-state index contributed by atoms with van der Waals surface area (Å²) in [7, 11) is 1.58. The predicted molar refractivity (Wildman–Crippen MR) is 200 cm³/mol. The second-order valence-electron chi connectivity index (χ2n) is 11.9. The fourth-order valence-corrected chi connectivity index (χ4v) is 6.65. The first-order chi connectivity index (χ1) is 24.9. The van der Waals surface area contributed by atoms with E-state index >= 15 is 0 Å². The topological polar surface area (TPSA) is 147 Å². The van der Waals surface area contributed by atoms with E-state index in [1.54, 1.807) is 49.9 Å². The Bertz CT molecular complexity index is 2310. The van der Waals surface area contributed by atoms with E-state index in [1.807, 2.05) is 89.7 Å². The summed E-state index contributed by atoms with van der Waals surface area (Å²) >= 11 is 1.50. The SMILES string of the molecule is CNC(=O)c1ccc2c(c1)nc(-c1cccs1)n2[C@H](Cc1ccccc1)[C@H](O)C(=O)Nc1ccc(C)c(Nc2nccc(-c3cccnc3)n2)c1. The molecule has 2 atom stereocenters. The third-order valence-corrected chi connectivity index (χ3v) is 9.40. The van der Waals surface area contributed by atoms with Crippen molar-refractivity contribution in [2.75, 3.05) is 17.7 Å². The molecule has 0 fully saturated rings. The number of aliphatic hydroxyl groups is 1. The van der Waals surface area contributed by atoms with E-state index in [-0.39, 0.29) is 5.91 Å². The number of benzene rings is 3. The van der Waals surface area contributed by atoms with Crippen LogP contribution in [0.1, 0.15) is 27.5 Å². The minimum Gasteiger partial charge on any atom is -0.381 e. The van der Waals surface area contributed by atoms with Crippen molar-refractivity contribution < 1.29 is 14.7 Å². The maximum Gasteiger partial charge on any atom is 0.255 e. The van der Waals surface area contributed by atoms with E-state index in [0.717, 1.165) is 21.6 Å². The van der Waals surface area contributed by atoms with Gasteiger partial charge in [0.15, 0.2) is 11.9 Å². The van der Waals surface area contributed by atoms with E-state index in [1.165, 1.54) is 11.3 Å². The molecule has 11 nitrogen and oxygen atoms in total. The predicted octanol–water partition coefficient (Wildman–Crippen LogP) is 6.81. The number of amides is 2. The highest BCUT2D eigenvalue weighted by molar-refractivity contribution is 7.13. The Balaban J connectivity index is 1.21. The van der Waals surface area contributed by atoms with Gasteiger partial charge >= 0.3 is 0 Å². The zero-order chi connectivity index (χ0) is 35.3. The molecule has 0 aliphatic rings. The number of nitrogens with zero attached hydrogens (tertiary/aromatic N) is 5. The summed E-state index contributed by atoms with van der Waals surface area (Å²) in [5.74, 6) is 0.168. The first-order valence-corrected chi connectivity index (χ1v) is 17.2. The number of fused-ring (bicyclic) bond motifs is 1. The van der Waals surface area contributed by atoms with Gasteiger partial charge in [-0.1, -0.05) is 42.5 Å². The minimum atomic E-state index is -1.49. The molecule has 7 aromatic rings. The molecular formula is C39H34N8O3S. The van der Waals surface area contributed by atoms with Gasteiger partial charge in [0.2, 0.25) is 5.95 Å². The Labute approximate surface area is 298 Å². The molecule has 0 bridgehead atoms. The van der Waals surface area contributed by atoms with E-state index in [0.29, 0.717) is 51.9 Å². The summed E-state index contributed by atoms with van der Waals surface area (Å²) in [5.41, 5.74) is 6.33. The lowest BCUT2D eigenvalue weighted by atomic mass is 9.99. The number of anilines is 3. The number of rotatable bonds is 11. The normalized spacial score (nSPS) is 12.3. The zero-order valence-corrected chi connectivity index (χ0v) is 28.6. The van der Waals surface area contributed by atoms with Gasteiger partial charge in [0.05, 0.1) is 27.6 Å². The van der Waals surface area contributed by atoms with Gasteiger partial charge in [-0.3, -0.25) is 14.6 Å². The van der Waals surface area contributed by atoms with Gasteiger partial charge in [0, 0.05) is 48.1 Å². The summed E-state index contributed by atoms with van der Waals surface area (Å²) in [6, 6.07) is 29.1. The highest BCUT2D eigenvalue weighted by Crippen LogP contribution is 2.35. The second-order valence-corrected chi connectivity index (χ2v) is 12.9. The van der Waals surface area contributed by atoms with Crippen molar-refractivity contribution in [3.63, 3.8) is 0 Å². The van der Waals surface area contributed by atoms with Crippen molar-refractivity contribution in [3.05, 3.63) is 138 Å². The fourth-order valence-electron chi connectivity index (χ4n) is 5.94. The van der Waals surface area contributed by atoms with Crippen LogP contribution in [0.4, 0.5) is 17.3 Å². The quantitative estimate of drug-likeness (QED) is 0.116. The number of carbonyl (C=O) groups excluding carboxylic acids is 2. The number of hydrogen-bond donors (Lipinski definition) is 4. The fraction of sp³-hybridized carbons (Fsp3) is 0.128. The van der Waals surface area contributed by atoms with Gasteiger partial charge in [-0.2, -0.15) is 0 Å². The first-order valence-electron chi connectivity index (χ1n) is 16.3. The van der Waals surface area contributed by atoms with Crippen molar-refractivity contribution in [1.82, 2.24) is 29.8 Å². The van der Waals surface area contributed by atoms with Gasteiger partial charge in [0.25, 0.3) is 11.8 Å². The minimum absolute atomic E-state index is 0.232. The van der Waals surface area contributed by atoms with Crippen molar-refractivity contribution in [2.45, 2.75) is 25.5 Å². The molecule has 2 amide bonds. The van der Waals surface area contributed by atoms with Crippen molar-refractivity contribution >= 4 is 51.5 Å². The van der Waals surface area contributed by atoms with Crippen LogP contribution in [-0.2, 0) is 11.2 Å². The molecule has 0 saturated heterocycles. The monoisotopic (exact) mass is 694 g/mol. The molecule has 0 aliphatic heterocycles. The molecule has 51 heavy (non-hydrogen) atoms. The first kappa shape index (κ1) is 33.3. The van der Waals surface area contributed by atoms with Gasteiger partial charge in [-0.25, -0.2) is 15.0 Å². The van der Waals surface area contributed by atoms with Crippen molar-refractivity contribution in [1.29, 1.82) is 0 Å². The highest BCUT2D eigenvalue weighted by Gasteiger charge is 2.32. The molecule has 0 spiro atoms. The van der Waals surface area contributed by atoms with Crippen LogP contribution in [0.5, 0.6) is 0 Å². The van der Waals surface area contributed by atoms with Crippen molar-refractivity contribution in [3.8, 4) is 22.0 Å². The number of aliphatic hydroxyl groups excluding tert-OH is 1. The number of imidazole rings is 1. The Morgan fingerprint density at radius 3 is 2.55 bits per heavy atom. The average Bonchev–Trinajstić information content (AvgIpc) is 3.84. The number of aryl methyl sites for hydroxylation is 1. The summed E-state index contributed by atoms with van der Waals surface area (Å²) < 4.78 is 1.92. The number of carbonyl (C=O) groups is 2. The number of thiophene rings is 1. The maximum atomic E-state index is 14.0. The summed E-state index contributed by atoms with van der Waals surface area (Å²) in [6.07, 6.45) is 3.96. The van der Waals surface area contributed by atoms with Gasteiger partial charge in [-0.15, -0.1) is 11.3 Å². The molecule has 12 heteroatoms. The van der Waals surface area contributed by atoms with E-state index in [9.17, 15) is 14.7 Å². The zero-order valence-electron chi connectivity index (χ0n) is 27.8. The van der Waals surface area contributed by atoms with Crippen LogP contribution in [-0.4, -0.2) is 54.6 Å². The van der Waals surface area contributed by atoms with Gasteiger partial charge in [-0.05, 0) is 84.4 Å². The third kappa shape index (κ3) is 7.23. The summed E-state index contributed by atoms with van der Waals surface area (Å²) in [4.78, 5) is 45.5. The van der Waals surface area contributed by atoms with Crippen LogP contribution < -0.4 is 16.0 Å². The Kier molecular flexibility index (Phi) is 9.59. The largest absolute Gasteiger partial charge is 0.381 e. The summed E-state index contributed by atoms with van der Waals surface area (Å²) in [5, 5.41) is 22.8. The van der Waals surface area contributed by atoms with E-state index in [4.69, 9.17) is 4.98 Å². The maximum absolute atomic E-state index is 14.0. The number of nitrogens with one attached hydrogen (secondary N) is 3. The standard InChI is InChI=1S/C39H34N8O3S/c1-24-12-14-28(22-30(24)46-39-42-18-16-29(45-39)27-10-6-17-41-23-27)43-38(50)35(48)33(20-25-8-4-3-5-9-25)47-32-15-13-26(37(49)40-2)21-31(32)44-36(47)34-11-7-19-51-34/h3-19,21-23,33,35,48H,20H2,1-2H3,(H,40,49)(H,43,50)(H,42,45,46)/t33-,35+/m1/s1. The van der Waals surface area contributed by atoms with Crippen LogP contribution >= 0.6 is 11.3 Å². The van der Waals surface area contributed by atoms with Gasteiger partial charge in [0.1, 0.15) is 0 Å².